The molecule has 1 aliphatic rings. The van der Waals surface area contributed by atoms with Gasteiger partial charge in [0.1, 0.15) is 0 Å². The van der Waals surface area contributed by atoms with E-state index in [1.165, 1.54) is 18.2 Å². The van der Waals surface area contributed by atoms with Crippen molar-refractivity contribution in [1.29, 1.82) is 0 Å². The molecule has 3 nitrogen and oxygen atoms in total. The van der Waals surface area contributed by atoms with Crippen LogP contribution in [-0.4, -0.2) is 5.91 Å². The lowest BCUT2D eigenvalue weighted by Crippen LogP contribution is -2.11. The fourth-order valence-electron chi connectivity index (χ4n) is 2.83. The van der Waals surface area contributed by atoms with Gasteiger partial charge in [0.15, 0.2) is 11.6 Å². The van der Waals surface area contributed by atoms with E-state index >= 15 is 0 Å². The van der Waals surface area contributed by atoms with Crippen LogP contribution in [0.15, 0.2) is 49.1 Å². The smallest absolute Gasteiger partial charge is 0.247 e. The normalized spacial score (nSPS) is 15.8. The third-order valence-corrected chi connectivity index (χ3v) is 3.96. The highest BCUT2D eigenvalue weighted by atomic mass is 19.2. The number of aryl methyl sites for hydroxylation is 1. The van der Waals surface area contributed by atoms with E-state index in [4.69, 9.17) is 0 Å². The molecule has 5 heteroatoms. The molecule has 3 rings (SSSR count). The third-order valence-electron chi connectivity index (χ3n) is 3.96. The Balaban J connectivity index is 1.85. The van der Waals surface area contributed by atoms with Crippen molar-refractivity contribution in [2.45, 2.75) is 18.9 Å². The highest BCUT2D eigenvalue weighted by Gasteiger charge is 2.24. The number of halogens is 2. The fraction of sp³-hybridized carbons (Fsp3) is 0.167. The molecule has 0 spiro atoms. The predicted molar refractivity (Wildman–Crippen MR) is 86.3 cm³/mol. The molecule has 23 heavy (non-hydrogen) atoms. The fourth-order valence-corrected chi connectivity index (χ4v) is 2.83. The Morgan fingerprint density at radius 2 is 2.09 bits per heavy atom. The Labute approximate surface area is 133 Å². The highest BCUT2D eigenvalue weighted by molar-refractivity contribution is 5.98. The first-order valence-electron chi connectivity index (χ1n) is 7.35. The minimum absolute atomic E-state index is 0.123. The molecular weight excluding hydrogens is 298 g/mol. The molecule has 2 aromatic rings. The number of hydrogen-bond acceptors (Lipinski definition) is 2. The highest BCUT2D eigenvalue weighted by Crippen LogP contribution is 2.36. The van der Waals surface area contributed by atoms with E-state index in [-0.39, 0.29) is 17.6 Å². The van der Waals surface area contributed by atoms with Crippen molar-refractivity contribution in [3.8, 4) is 0 Å². The molecule has 0 aliphatic heterocycles. The van der Waals surface area contributed by atoms with Gasteiger partial charge in [0.05, 0.1) is 11.7 Å². The number of carbonyl (C=O) groups excluding carboxylic acids is 1. The number of rotatable bonds is 4. The standard InChI is InChI=1S/C18H16F2N2O/c1-2-17(23)21-12-8-6-11-7-9-15(13(11)10-12)22-16-5-3-4-14(19)18(16)20/h2-6,8,10,15,22H,1,7,9H2,(H,21,23). The first-order chi connectivity index (χ1) is 11.1. The first-order valence-corrected chi connectivity index (χ1v) is 7.35. The zero-order valence-electron chi connectivity index (χ0n) is 12.4. The molecule has 118 valence electrons. The van der Waals surface area contributed by atoms with Crippen LogP contribution in [0.4, 0.5) is 20.2 Å². The molecule has 0 saturated heterocycles. The first kappa shape index (κ1) is 15.2. The van der Waals surface area contributed by atoms with Crippen LogP contribution in [0.3, 0.4) is 0 Å². The Morgan fingerprint density at radius 3 is 2.87 bits per heavy atom. The second-order valence-electron chi connectivity index (χ2n) is 5.44. The number of fused-ring (bicyclic) bond motifs is 1. The second-order valence-corrected chi connectivity index (χ2v) is 5.44. The monoisotopic (exact) mass is 314 g/mol. The van der Waals surface area contributed by atoms with E-state index in [2.05, 4.69) is 17.2 Å². The van der Waals surface area contributed by atoms with E-state index in [0.29, 0.717) is 5.69 Å². The van der Waals surface area contributed by atoms with Gasteiger partial charge in [-0.05, 0) is 54.3 Å². The maximum atomic E-state index is 13.8. The van der Waals surface area contributed by atoms with Gasteiger partial charge in [-0.2, -0.15) is 0 Å². The minimum atomic E-state index is -0.878. The summed E-state index contributed by atoms with van der Waals surface area (Å²) in [7, 11) is 0. The summed E-state index contributed by atoms with van der Waals surface area (Å²) < 4.78 is 27.1. The molecule has 1 aliphatic carbocycles. The summed E-state index contributed by atoms with van der Waals surface area (Å²) in [6, 6.07) is 9.58. The van der Waals surface area contributed by atoms with Gasteiger partial charge in [-0.1, -0.05) is 18.7 Å². The van der Waals surface area contributed by atoms with Crippen LogP contribution in [0.5, 0.6) is 0 Å². The lowest BCUT2D eigenvalue weighted by molar-refractivity contribution is -0.111. The van der Waals surface area contributed by atoms with E-state index in [1.807, 2.05) is 18.2 Å². The van der Waals surface area contributed by atoms with Gasteiger partial charge in [-0.3, -0.25) is 4.79 Å². The Morgan fingerprint density at radius 1 is 1.26 bits per heavy atom. The zero-order chi connectivity index (χ0) is 16.4. The van der Waals surface area contributed by atoms with Crippen molar-refractivity contribution < 1.29 is 13.6 Å². The molecule has 2 aromatic carbocycles. The van der Waals surface area contributed by atoms with E-state index in [1.54, 1.807) is 0 Å². The van der Waals surface area contributed by atoms with E-state index < -0.39 is 11.6 Å². The Bertz CT molecular complexity index is 774. The molecule has 1 atom stereocenters. The van der Waals surface area contributed by atoms with Gasteiger partial charge in [-0.25, -0.2) is 8.78 Å². The van der Waals surface area contributed by atoms with Crippen molar-refractivity contribution >= 4 is 17.3 Å². The average molecular weight is 314 g/mol. The van der Waals surface area contributed by atoms with E-state index in [0.717, 1.165) is 30.0 Å². The maximum Gasteiger partial charge on any atom is 0.247 e. The summed E-state index contributed by atoms with van der Waals surface area (Å²) in [6.45, 7) is 3.42. The number of carbonyl (C=O) groups is 1. The number of amides is 1. The number of anilines is 2. The number of nitrogens with one attached hydrogen (secondary N) is 2. The van der Waals surface area contributed by atoms with E-state index in [9.17, 15) is 13.6 Å². The minimum Gasteiger partial charge on any atom is -0.376 e. The summed E-state index contributed by atoms with van der Waals surface area (Å²) in [5, 5.41) is 5.76. The molecule has 0 heterocycles. The second kappa shape index (κ2) is 6.20. The molecule has 0 aromatic heterocycles. The van der Waals surface area contributed by atoms with Crippen LogP contribution in [0.1, 0.15) is 23.6 Å². The topological polar surface area (TPSA) is 41.1 Å². The quantitative estimate of drug-likeness (QED) is 0.831. The maximum absolute atomic E-state index is 13.8. The Kier molecular flexibility index (Phi) is 4.10. The summed E-state index contributed by atoms with van der Waals surface area (Å²) in [6.07, 6.45) is 2.83. The largest absolute Gasteiger partial charge is 0.376 e. The van der Waals surface area contributed by atoms with Crippen LogP contribution < -0.4 is 10.6 Å². The van der Waals surface area contributed by atoms with Crippen molar-refractivity contribution in [2.24, 2.45) is 0 Å². The number of benzene rings is 2. The lowest BCUT2D eigenvalue weighted by Gasteiger charge is -2.17. The van der Waals surface area contributed by atoms with Crippen molar-refractivity contribution in [3.05, 3.63) is 71.8 Å². The molecule has 0 saturated carbocycles. The lowest BCUT2D eigenvalue weighted by atomic mass is 10.1. The zero-order valence-corrected chi connectivity index (χ0v) is 12.4. The summed E-state index contributed by atoms with van der Waals surface area (Å²) in [5.41, 5.74) is 2.91. The molecule has 0 fully saturated rings. The predicted octanol–water partition coefficient (Wildman–Crippen LogP) is 4.19. The van der Waals surface area contributed by atoms with Gasteiger partial charge < -0.3 is 10.6 Å². The Hall–Kier alpha value is -2.69. The molecule has 1 amide bonds. The summed E-state index contributed by atoms with van der Waals surface area (Å²) in [4.78, 5) is 11.4. The van der Waals surface area contributed by atoms with Gasteiger partial charge in [-0.15, -0.1) is 0 Å². The summed E-state index contributed by atoms with van der Waals surface area (Å²) in [5.74, 6) is -2.04. The SMILES string of the molecule is C=CC(=O)Nc1ccc2c(c1)C(Nc1cccc(F)c1F)CC2. The van der Waals surface area contributed by atoms with Crippen LogP contribution in [-0.2, 0) is 11.2 Å². The molecular formula is C18H16F2N2O. The van der Waals surface area contributed by atoms with Crippen molar-refractivity contribution in [3.63, 3.8) is 0 Å². The van der Waals surface area contributed by atoms with Crippen LogP contribution in [0.2, 0.25) is 0 Å². The molecule has 0 bridgehead atoms. The van der Waals surface area contributed by atoms with Gasteiger partial charge >= 0.3 is 0 Å². The molecule has 2 N–H and O–H groups in total. The number of hydrogen-bond donors (Lipinski definition) is 2. The summed E-state index contributed by atoms with van der Waals surface area (Å²) >= 11 is 0. The van der Waals surface area contributed by atoms with Crippen molar-refractivity contribution in [1.82, 2.24) is 0 Å². The molecule has 1 unspecified atom stereocenters. The van der Waals surface area contributed by atoms with Gasteiger partial charge in [0.25, 0.3) is 0 Å². The van der Waals surface area contributed by atoms with Gasteiger partial charge in [0, 0.05) is 5.69 Å². The van der Waals surface area contributed by atoms with Crippen LogP contribution >= 0.6 is 0 Å². The van der Waals surface area contributed by atoms with Crippen LogP contribution in [0, 0.1) is 11.6 Å². The van der Waals surface area contributed by atoms with Gasteiger partial charge in [0.2, 0.25) is 5.91 Å². The third kappa shape index (κ3) is 3.08. The van der Waals surface area contributed by atoms with Crippen LogP contribution in [0.25, 0.3) is 0 Å². The molecule has 0 radical (unpaired) electrons. The van der Waals surface area contributed by atoms with Crippen molar-refractivity contribution in [2.75, 3.05) is 10.6 Å². The average Bonchev–Trinajstić information content (AvgIpc) is 2.94.